The van der Waals surface area contributed by atoms with Crippen molar-refractivity contribution in [3.05, 3.63) is 10.6 Å². The van der Waals surface area contributed by atoms with Crippen LogP contribution in [0.1, 0.15) is 57.5 Å². The van der Waals surface area contributed by atoms with E-state index in [1.54, 1.807) is 0 Å². The largest absolute Gasteiger partial charge is 0.348 e. The highest BCUT2D eigenvalue weighted by Crippen LogP contribution is 2.35. The maximum atomic E-state index is 4.98. The highest BCUT2D eigenvalue weighted by molar-refractivity contribution is 7.15. The summed E-state index contributed by atoms with van der Waals surface area (Å²) in [5.74, 6) is 0.921. The van der Waals surface area contributed by atoms with Crippen molar-refractivity contribution in [3.63, 3.8) is 0 Å². The number of nitrogens with zero attached hydrogens (tertiary/aromatic N) is 2. The summed E-state index contributed by atoms with van der Waals surface area (Å²) in [6.07, 6.45) is 3.97. The Morgan fingerprint density at radius 1 is 1.30 bits per heavy atom. The van der Waals surface area contributed by atoms with Crippen LogP contribution in [0.15, 0.2) is 0 Å². The number of rotatable bonds is 4. The zero-order valence-corrected chi connectivity index (χ0v) is 14.4. The van der Waals surface area contributed by atoms with E-state index in [1.807, 2.05) is 18.4 Å². The van der Waals surface area contributed by atoms with Gasteiger partial charge in [-0.2, -0.15) is 0 Å². The molecule has 0 unspecified atom stereocenters. The summed E-state index contributed by atoms with van der Waals surface area (Å²) < 4.78 is 0. The van der Waals surface area contributed by atoms with Crippen LogP contribution in [0.2, 0.25) is 0 Å². The molecule has 0 aromatic carbocycles. The van der Waals surface area contributed by atoms with Gasteiger partial charge in [-0.25, -0.2) is 4.98 Å². The minimum Gasteiger partial charge on any atom is -0.348 e. The van der Waals surface area contributed by atoms with Gasteiger partial charge >= 0.3 is 0 Å². The third-order valence-corrected chi connectivity index (χ3v) is 5.31. The Labute approximate surface area is 127 Å². The molecular weight excluding hydrogens is 266 g/mol. The zero-order valence-electron chi connectivity index (χ0n) is 13.6. The standard InChI is InChI=1S/C16H29N3S/c1-6-12-7-9-19(10-8-12)15-18-14(16(2,3)4)13(20-15)11-17-5/h12,17H,6-11H2,1-5H3. The van der Waals surface area contributed by atoms with Crippen molar-refractivity contribution in [1.29, 1.82) is 0 Å². The van der Waals surface area contributed by atoms with Crippen molar-refractivity contribution in [2.75, 3.05) is 25.0 Å². The first-order valence-electron chi connectivity index (χ1n) is 7.85. The zero-order chi connectivity index (χ0) is 14.8. The van der Waals surface area contributed by atoms with E-state index in [0.717, 1.165) is 12.5 Å². The van der Waals surface area contributed by atoms with Gasteiger partial charge in [0, 0.05) is 29.9 Å². The van der Waals surface area contributed by atoms with Gasteiger partial charge < -0.3 is 10.2 Å². The predicted molar refractivity (Wildman–Crippen MR) is 88.8 cm³/mol. The SMILES string of the molecule is CCC1CCN(c2nc(C(C)(C)C)c(CNC)s2)CC1. The second kappa shape index (κ2) is 6.44. The Balaban J connectivity index is 2.17. The van der Waals surface area contributed by atoms with E-state index in [9.17, 15) is 0 Å². The molecule has 2 rings (SSSR count). The van der Waals surface area contributed by atoms with Crippen molar-refractivity contribution >= 4 is 16.5 Å². The molecule has 1 aromatic heterocycles. The first-order valence-corrected chi connectivity index (χ1v) is 8.67. The molecule has 1 saturated heterocycles. The number of thiazole rings is 1. The molecule has 1 N–H and O–H groups in total. The molecule has 3 nitrogen and oxygen atoms in total. The predicted octanol–water partition coefficient (Wildman–Crippen LogP) is 3.79. The molecule has 2 heterocycles. The highest BCUT2D eigenvalue weighted by Gasteiger charge is 2.26. The average molecular weight is 295 g/mol. The number of anilines is 1. The van der Waals surface area contributed by atoms with E-state index in [4.69, 9.17) is 4.98 Å². The summed E-state index contributed by atoms with van der Waals surface area (Å²) in [6, 6.07) is 0. The molecule has 0 bridgehead atoms. The average Bonchev–Trinajstić information content (AvgIpc) is 2.83. The molecule has 20 heavy (non-hydrogen) atoms. The lowest BCUT2D eigenvalue weighted by molar-refractivity contribution is 0.394. The Bertz CT molecular complexity index is 425. The van der Waals surface area contributed by atoms with Crippen molar-refractivity contribution < 1.29 is 0 Å². The third-order valence-electron chi connectivity index (χ3n) is 4.20. The molecule has 1 aromatic rings. The van der Waals surface area contributed by atoms with Gasteiger partial charge in [0.25, 0.3) is 0 Å². The number of hydrogen-bond donors (Lipinski definition) is 1. The first-order chi connectivity index (χ1) is 9.45. The van der Waals surface area contributed by atoms with E-state index < -0.39 is 0 Å². The maximum absolute atomic E-state index is 4.98. The molecule has 114 valence electrons. The molecule has 0 aliphatic carbocycles. The molecule has 0 radical (unpaired) electrons. The van der Waals surface area contributed by atoms with Crippen molar-refractivity contribution in [1.82, 2.24) is 10.3 Å². The third kappa shape index (κ3) is 3.53. The number of hydrogen-bond acceptors (Lipinski definition) is 4. The molecular formula is C16H29N3S. The Morgan fingerprint density at radius 3 is 2.45 bits per heavy atom. The highest BCUT2D eigenvalue weighted by atomic mass is 32.1. The van der Waals surface area contributed by atoms with Gasteiger partial charge in [-0.15, -0.1) is 11.3 Å². The Hall–Kier alpha value is -0.610. The second-order valence-corrected chi connectivity index (χ2v) is 7.95. The van der Waals surface area contributed by atoms with Crippen molar-refractivity contribution in [3.8, 4) is 0 Å². The minimum atomic E-state index is 0.128. The van der Waals surface area contributed by atoms with Crippen molar-refractivity contribution in [2.24, 2.45) is 5.92 Å². The molecule has 0 atom stereocenters. The van der Waals surface area contributed by atoms with E-state index in [-0.39, 0.29) is 5.41 Å². The van der Waals surface area contributed by atoms with E-state index in [0.29, 0.717) is 0 Å². The van der Waals surface area contributed by atoms with Gasteiger partial charge in [-0.05, 0) is 25.8 Å². The lowest BCUT2D eigenvalue weighted by Crippen LogP contribution is -2.33. The Kier molecular flexibility index (Phi) is 5.08. The van der Waals surface area contributed by atoms with Gasteiger partial charge in [-0.3, -0.25) is 0 Å². The fraction of sp³-hybridized carbons (Fsp3) is 0.812. The van der Waals surface area contributed by atoms with Crippen LogP contribution >= 0.6 is 11.3 Å². The van der Waals surface area contributed by atoms with Crippen LogP contribution in [0.3, 0.4) is 0 Å². The van der Waals surface area contributed by atoms with Crippen molar-refractivity contribution in [2.45, 2.75) is 58.9 Å². The maximum Gasteiger partial charge on any atom is 0.185 e. The van der Waals surface area contributed by atoms with Gasteiger partial charge in [0.2, 0.25) is 0 Å². The number of aromatic nitrogens is 1. The molecule has 0 spiro atoms. The summed E-state index contributed by atoms with van der Waals surface area (Å²) in [4.78, 5) is 8.87. The summed E-state index contributed by atoms with van der Waals surface area (Å²) in [6.45, 7) is 12.4. The Morgan fingerprint density at radius 2 is 1.95 bits per heavy atom. The lowest BCUT2D eigenvalue weighted by Gasteiger charge is -2.31. The molecule has 4 heteroatoms. The van der Waals surface area contributed by atoms with Gasteiger partial charge in [-0.1, -0.05) is 34.1 Å². The van der Waals surface area contributed by atoms with Crippen LogP contribution in [-0.4, -0.2) is 25.1 Å². The second-order valence-electron chi connectivity index (χ2n) is 6.89. The summed E-state index contributed by atoms with van der Waals surface area (Å²) in [7, 11) is 2.01. The van der Waals surface area contributed by atoms with E-state index in [2.05, 4.69) is 37.9 Å². The quantitative estimate of drug-likeness (QED) is 0.916. The number of nitrogens with one attached hydrogen (secondary N) is 1. The molecule has 1 fully saturated rings. The summed E-state index contributed by atoms with van der Waals surface area (Å²) in [5.41, 5.74) is 1.40. The fourth-order valence-corrected chi connectivity index (χ4v) is 4.21. The van der Waals surface area contributed by atoms with Gasteiger partial charge in [0.1, 0.15) is 0 Å². The van der Waals surface area contributed by atoms with Crippen LogP contribution in [0, 0.1) is 5.92 Å². The normalized spacial score (nSPS) is 17.8. The number of piperidine rings is 1. The fourth-order valence-electron chi connectivity index (χ4n) is 2.87. The topological polar surface area (TPSA) is 28.2 Å². The van der Waals surface area contributed by atoms with Crippen LogP contribution in [0.5, 0.6) is 0 Å². The van der Waals surface area contributed by atoms with Crippen LogP contribution in [0.4, 0.5) is 5.13 Å². The summed E-state index contributed by atoms with van der Waals surface area (Å²) >= 11 is 1.88. The van der Waals surface area contributed by atoms with E-state index >= 15 is 0 Å². The van der Waals surface area contributed by atoms with Crippen LogP contribution in [-0.2, 0) is 12.0 Å². The lowest BCUT2D eigenvalue weighted by atomic mass is 9.91. The smallest absolute Gasteiger partial charge is 0.185 e. The monoisotopic (exact) mass is 295 g/mol. The molecule has 0 amide bonds. The van der Waals surface area contributed by atoms with E-state index in [1.165, 1.54) is 48.1 Å². The van der Waals surface area contributed by atoms with Gasteiger partial charge in [0.15, 0.2) is 5.13 Å². The molecule has 0 saturated carbocycles. The summed E-state index contributed by atoms with van der Waals surface area (Å²) in [5, 5.41) is 4.51. The molecule has 1 aliphatic rings. The molecule has 1 aliphatic heterocycles. The van der Waals surface area contributed by atoms with Crippen LogP contribution < -0.4 is 10.2 Å². The van der Waals surface area contributed by atoms with Gasteiger partial charge in [0.05, 0.1) is 5.69 Å². The van der Waals surface area contributed by atoms with Crippen LogP contribution in [0.25, 0.3) is 0 Å². The first kappa shape index (κ1) is 15.8. The minimum absolute atomic E-state index is 0.128.